The van der Waals surface area contributed by atoms with Crippen molar-refractivity contribution < 1.29 is 4.79 Å². The summed E-state index contributed by atoms with van der Waals surface area (Å²) in [6.45, 7) is 6.11. The molecular weight excluding hydrogens is 410 g/mol. The Morgan fingerprint density at radius 1 is 0.879 bits per heavy atom. The molecule has 6 heteroatoms. The van der Waals surface area contributed by atoms with Crippen LogP contribution in [0.4, 0.5) is 5.82 Å². The van der Waals surface area contributed by atoms with Crippen LogP contribution >= 0.6 is 0 Å². The Kier molecular flexibility index (Phi) is 6.63. The number of amides is 1. The van der Waals surface area contributed by atoms with Crippen molar-refractivity contribution in [2.75, 3.05) is 44.2 Å². The molecule has 2 fully saturated rings. The van der Waals surface area contributed by atoms with E-state index in [0.717, 1.165) is 75.9 Å². The van der Waals surface area contributed by atoms with Gasteiger partial charge in [-0.3, -0.25) is 9.69 Å². The fraction of sp³-hybridized carbons (Fsp3) is 0.370. The molecule has 0 spiro atoms. The zero-order valence-corrected chi connectivity index (χ0v) is 19.0. The van der Waals surface area contributed by atoms with E-state index < -0.39 is 0 Å². The molecule has 1 atom stereocenters. The van der Waals surface area contributed by atoms with Gasteiger partial charge in [-0.2, -0.15) is 0 Å². The van der Waals surface area contributed by atoms with Crippen LogP contribution in [0.5, 0.6) is 0 Å². The van der Waals surface area contributed by atoms with E-state index in [2.05, 4.69) is 50.0 Å². The Balaban J connectivity index is 1.19. The van der Waals surface area contributed by atoms with Gasteiger partial charge in [-0.25, -0.2) is 9.97 Å². The Bertz CT molecular complexity index is 1050. The number of piperazine rings is 1. The molecule has 0 bridgehead atoms. The molecule has 3 aromatic rings. The van der Waals surface area contributed by atoms with Crippen molar-refractivity contribution in [3.63, 3.8) is 0 Å². The average Bonchev–Trinajstić information content (AvgIpc) is 2.90. The molecule has 6 nitrogen and oxygen atoms in total. The van der Waals surface area contributed by atoms with Crippen LogP contribution in [0.3, 0.4) is 0 Å². The zero-order valence-electron chi connectivity index (χ0n) is 19.0. The van der Waals surface area contributed by atoms with E-state index in [1.165, 1.54) is 5.56 Å². The van der Waals surface area contributed by atoms with E-state index in [1.54, 1.807) is 0 Å². The van der Waals surface area contributed by atoms with Gasteiger partial charge in [0.05, 0.1) is 5.92 Å². The van der Waals surface area contributed by atoms with E-state index in [9.17, 15) is 4.79 Å². The molecule has 2 aliphatic heterocycles. The highest BCUT2D eigenvalue weighted by molar-refractivity contribution is 5.80. The molecule has 3 heterocycles. The van der Waals surface area contributed by atoms with E-state index in [1.807, 2.05) is 42.6 Å². The monoisotopic (exact) mass is 441 g/mol. The molecule has 1 aromatic heterocycles. The lowest BCUT2D eigenvalue weighted by Crippen LogP contribution is -2.52. The normalized spacial score (nSPS) is 19.5. The molecule has 170 valence electrons. The van der Waals surface area contributed by atoms with Crippen LogP contribution in [0.1, 0.15) is 18.4 Å². The molecular formula is C27H31N5O. The summed E-state index contributed by atoms with van der Waals surface area (Å²) in [6.07, 6.45) is 3.79. The molecule has 0 aliphatic carbocycles. The van der Waals surface area contributed by atoms with E-state index in [-0.39, 0.29) is 5.92 Å². The highest BCUT2D eigenvalue weighted by Gasteiger charge is 2.31. The summed E-state index contributed by atoms with van der Waals surface area (Å²) in [5.41, 5.74) is 2.34. The zero-order chi connectivity index (χ0) is 22.5. The highest BCUT2D eigenvalue weighted by Crippen LogP contribution is 2.25. The summed E-state index contributed by atoms with van der Waals surface area (Å²) in [4.78, 5) is 29.4. The summed E-state index contributed by atoms with van der Waals surface area (Å²) in [6, 6.07) is 22.6. The minimum absolute atomic E-state index is 0.0366. The number of hydrogen-bond acceptors (Lipinski definition) is 5. The molecule has 2 aromatic carbocycles. The van der Waals surface area contributed by atoms with Crippen LogP contribution in [0, 0.1) is 5.92 Å². The van der Waals surface area contributed by atoms with Gasteiger partial charge >= 0.3 is 0 Å². The maximum Gasteiger partial charge on any atom is 0.227 e. The Hall–Kier alpha value is -3.25. The van der Waals surface area contributed by atoms with Gasteiger partial charge in [-0.05, 0) is 24.5 Å². The number of hydrogen-bond donors (Lipinski definition) is 0. The third-order valence-electron chi connectivity index (χ3n) is 6.70. The largest absolute Gasteiger partial charge is 0.356 e. The second-order valence-electron chi connectivity index (χ2n) is 8.98. The van der Waals surface area contributed by atoms with Crippen molar-refractivity contribution in [2.24, 2.45) is 5.92 Å². The van der Waals surface area contributed by atoms with Gasteiger partial charge < -0.3 is 9.80 Å². The van der Waals surface area contributed by atoms with Crippen LogP contribution in [-0.2, 0) is 11.3 Å². The second-order valence-corrected chi connectivity index (χ2v) is 8.98. The number of piperidine rings is 1. The summed E-state index contributed by atoms with van der Waals surface area (Å²) in [5.74, 6) is 1.98. The Labute approximate surface area is 195 Å². The maximum atomic E-state index is 13.3. The van der Waals surface area contributed by atoms with Gasteiger partial charge in [0, 0.05) is 57.6 Å². The predicted molar refractivity (Wildman–Crippen MR) is 131 cm³/mol. The molecule has 1 amide bonds. The SMILES string of the molecule is O=C([C@@H]1CCCN(c2ccnc(-c3ccccc3)n2)C1)N1CCN(Cc2ccccc2)CC1. The third kappa shape index (κ3) is 5.22. The minimum Gasteiger partial charge on any atom is -0.356 e. The quantitative estimate of drug-likeness (QED) is 0.604. The number of benzene rings is 2. The topological polar surface area (TPSA) is 52.6 Å². The van der Waals surface area contributed by atoms with Gasteiger partial charge in [0.25, 0.3) is 0 Å². The first kappa shape index (κ1) is 21.6. The molecule has 2 aliphatic rings. The Morgan fingerprint density at radius 2 is 1.61 bits per heavy atom. The summed E-state index contributed by atoms with van der Waals surface area (Å²) in [5, 5.41) is 0. The van der Waals surface area contributed by atoms with Crippen molar-refractivity contribution in [1.82, 2.24) is 19.8 Å². The van der Waals surface area contributed by atoms with Crippen molar-refractivity contribution >= 4 is 11.7 Å². The van der Waals surface area contributed by atoms with Crippen LogP contribution in [-0.4, -0.2) is 64.9 Å². The van der Waals surface area contributed by atoms with Crippen LogP contribution in [0.25, 0.3) is 11.4 Å². The minimum atomic E-state index is 0.0366. The number of anilines is 1. The van der Waals surface area contributed by atoms with Gasteiger partial charge in [-0.1, -0.05) is 60.7 Å². The lowest BCUT2D eigenvalue weighted by atomic mass is 9.96. The van der Waals surface area contributed by atoms with Crippen LogP contribution in [0.2, 0.25) is 0 Å². The number of aromatic nitrogens is 2. The van der Waals surface area contributed by atoms with E-state index in [4.69, 9.17) is 4.98 Å². The fourth-order valence-corrected chi connectivity index (χ4v) is 4.86. The Morgan fingerprint density at radius 3 is 2.36 bits per heavy atom. The summed E-state index contributed by atoms with van der Waals surface area (Å²) < 4.78 is 0. The fourth-order valence-electron chi connectivity index (χ4n) is 4.86. The first-order valence-electron chi connectivity index (χ1n) is 11.9. The van der Waals surface area contributed by atoms with Crippen molar-refractivity contribution in [2.45, 2.75) is 19.4 Å². The third-order valence-corrected chi connectivity index (χ3v) is 6.70. The van der Waals surface area contributed by atoms with Gasteiger partial charge in [-0.15, -0.1) is 0 Å². The molecule has 0 N–H and O–H groups in total. The van der Waals surface area contributed by atoms with Crippen molar-refractivity contribution in [3.8, 4) is 11.4 Å². The van der Waals surface area contributed by atoms with Crippen molar-refractivity contribution in [1.29, 1.82) is 0 Å². The number of nitrogens with zero attached hydrogens (tertiary/aromatic N) is 5. The standard InChI is InChI=1S/C27H31N5O/c33-27(31-18-16-30(17-19-31)20-22-8-3-1-4-9-22)24-12-7-15-32(21-24)25-13-14-28-26(29-25)23-10-5-2-6-11-23/h1-6,8-11,13-14,24H,7,12,15-21H2/t24-/m1/s1. The summed E-state index contributed by atoms with van der Waals surface area (Å²) in [7, 11) is 0. The summed E-state index contributed by atoms with van der Waals surface area (Å²) >= 11 is 0. The first-order chi connectivity index (χ1) is 16.3. The second kappa shape index (κ2) is 10.1. The lowest BCUT2D eigenvalue weighted by Gasteiger charge is -2.39. The average molecular weight is 442 g/mol. The van der Waals surface area contributed by atoms with E-state index >= 15 is 0 Å². The smallest absolute Gasteiger partial charge is 0.227 e. The number of carbonyl (C=O) groups excluding carboxylic acids is 1. The highest BCUT2D eigenvalue weighted by atomic mass is 16.2. The van der Waals surface area contributed by atoms with Gasteiger partial charge in [0.15, 0.2) is 5.82 Å². The van der Waals surface area contributed by atoms with Crippen LogP contribution in [0.15, 0.2) is 72.9 Å². The first-order valence-corrected chi connectivity index (χ1v) is 11.9. The van der Waals surface area contributed by atoms with E-state index in [0.29, 0.717) is 5.91 Å². The van der Waals surface area contributed by atoms with Crippen LogP contribution < -0.4 is 4.90 Å². The van der Waals surface area contributed by atoms with Crippen molar-refractivity contribution in [3.05, 3.63) is 78.5 Å². The predicted octanol–water partition coefficient (Wildman–Crippen LogP) is 3.70. The number of carbonyl (C=O) groups is 1. The lowest BCUT2D eigenvalue weighted by molar-refractivity contribution is -0.137. The molecule has 33 heavy (non-hydrogen) atoms. The molecule has 5 rings (SSSR count). The molecule has 0 saturated carbocycles. The molecule has 0 unspecified atom stereocenters. The van der Waals surface area contributed by atoms with Gasteiger partial charge in [0.1, 0.15) is 5.82 Å². The van der Waals surface area contributed by atoms with Gasteiger partial charge in [0.2, 0.25) is 5.91 Å². The molecule has 2 saturated heterocycles. The number of rotatable bonds is 5. The maximum absolute atomic E-state index is 13.3. The molecule has 0 radical (unpaired) electrons.